The summed E-state index contributed by atoms with van der Waals surface area (Å²) in [5.41, 5.74) is 2.42. The van der Waals surface area contributed by atoms with Gasteiger partial charge in [-0.25, -0.2) is 0 Å². The maximum absolute atomic E-state index is 13.0. The summed E-state index contributed by atoms with van der Waals surface area (Å²) in [5.74, 6) is 0.574. The topological polar surface area (TPSA) is 58.8 Å². The van der Waals surface area contributed by atoms with Gasteiger partial charge < -0.3 is 14.2 Å². The van der Waals surface area contributed by atoms with E-state index in [1.807, 2.05) is 32.2 Å². The SMILES string of the molecule is CCc1onc(C)c1C(=O)N(C)C[C@@H]1OCCN(C)[C@H]1c1ccccc1. The number of hydrogen-bond acceptors (Lipinski definition) is 5. The lowest BCUT2D eigenvalue weighted by Gasteiger charge is -2.40. The molecule has 1 saturated heterocycles. The quantitative estimate of drug-likeness (QED) is 0.823. The number of nitrogens with zero attached hydrogens (tertiary/aromatic N) is 3. The number of carbonyl (C=O) groups excluding carboxylic acids is 1. The second kappa shape index (κ2) is 8.01. The molecule has 2 heterocycles. The summed E-state index contributed by atoms with van der Waals surface area (Å²) in [6, 6.07) is 10.4. The highest BCUT2D eigenvalue weighted by atomic mass is 16.5. The highest BCUT2D eigenvalue weighted by Crippen LogP contribution is 2.29. The van der Waals surface area contributed by atoms with Gasteiger partial charge in [0, 0.05) is 26.6 Å². The number of likely N-dealkylation sites (N-methyl/N-ethyl adjacent to an activating group) is 2. The van der Waals surface area contributed by atoms with Gasteiger partial charge in [-0.15, -0.1) is 0 Å². The van der Waals surface area contributed by atoms with Crippen LogP contribution in [0.15, 0.2) is 34.9 Å². The smallest absolute Gasteiger partial charge is 0.259 e. The number of benzene rings is 1. The lowest BCUT2D eigenvalue weighted by atomic mass is 9.98. The number of hydrogen-bond donors (Lipinski definition) is 0. The summed E-state index contributed by atoms with van der Waals surface area (Å²) in [4.78, 5) is 17.0. The molecule has 0 N–H and O–H groups in total. The van der Waals surface area contributed by atoms with E-state index in [1.54, 1.807) is 11.8 Å². The number of morpholine rings is 1. The Labute approximate surface area is 154 Å². The Morgan fingerprint density at radius 3 is 2.77 bits per heavy atom. The van der Waals surface area contributed by atoms with Crippen molar-refractivity contribution in [2.75, 3.05) is 33.8 Å². The number of carbonyl (C=O) groups is 1. The average Bonchev–Trinajstić information content (AvgIpc) is 3.02. The molecule has 1 aliphatic rings. The van der Waals surface area contributed by atoms with Gasteiger partial charge in [-0.2, -0.15) is 0 Å². The van der Waals surface area contributed by atoms with Crippen LogP contribution in [-0.2, 0) is 11.2 Å². The van der Waals surface area contributed by atoms with Gasteiger partial charge in [0.1, 0.15) is 11.3 Å². The van der Waals surface area contributed by atoms with Crippen molar-refractivity contribution in [1.82, 2.24) is 15.0 Å². The summed E-state index contributed by atoms with van der Waals surface area (Å²) in [7, 11) is 3.92. The maximum atomic E-state index is 13.0. The summed E-state index contributed by atoms with van der Waals surface area (Å²) in [5, 5.41) is 3.95. The van der Waals surface area contributed by atoms with Crippen molar-refractivity contribution in [2.45, 2.75) is 32.4 Å². The second-order valence-electron chi connectivity index (χ2n) is 6.85. The first-order valence-corrected chi connectivity index (χ1v) is 9.10. The van der Waals surface area contributed by atoms with Gasteiger partial charge in [0.15, 0.2) is 0 Å². The molecule has 0 bridgehead atoms. The molecule has 0 aliphatic carbocycles. The molecule has 1 aliphatic heterocycles. The Balaban J connectivity index is 1.79. The highest BCUT2D eigenvalue weighted by molar-refractivity contribution is 5.96. The van der Waals surface area contributed by atoms with Gasteiger partial charge in [-0.1, -0.05) is 42.4 Å². The molecular weight excluding hydrogens is 330 g/mol. The van der Waals surface area contributed by atoms with Gasteiger partial charge in [0.25, 0.3) is 5.91 Å². The number of aryl methyl sites for hydroxylation is 2. The van der Waals surface area contributed by atoms with Crippen molar-refractivity contribution in [3.05, 3.63) is 52.9 Å². The van der Waals surface area contributed by atoms with Crippen LogP contribution in [0.1, 0.15) is 40.3 Å². The van der Waals surface area contributed by atoms with Crippen molar-refractivity contribution in [3.63, 3.8) is 0 Å². The van der Waals surface area contributed by atoms with E-state index in [-0.39, 0.29) is 18.1 Å². The minimum Gasteiger partial charge on any atom is -0.373 e. The first-order chi connectivity index (χ1) is 12.5. The van der Waals surface area contributed by atoms with Crippen LogP contribution in [0.2, 0.25) is 0 Å². The number of rotatable bonds is 5. The predicted molar refractivity (Wildman–Crippen MR) is 99.1 cm³/mol. The van der Waals surface area contributed by atoms with Gasteiger partial charge in [-0.3, -0.25) is 9.69 Å². The van der Waals surface area contributed by atoms with E-state index in [1.165, 1.54) is 5.56 Å². The fraction of sp³-hybridized carbons (Fsp3) is 0.500. The first kappa shape index (κ1) is 18.6. The van der Waals surface area contributed by atoms with Gasteiger partial charge in [0.2, 0.25) is 0 Å². The Kier molecular flexibility index (Phi) is 5.74. The van der Waals surface area contributed by atoms with Crippen molar-refractivity contribution in [2.24, 2.45) is 0 Å². The first-order valence-electron chi connectivity index (χ1n) is 9.10. The number of ether oxygens (including phenoxy) is 1. The van der Waals surface area contributed by atoms with E-state index >= 15 is 0 Å². The normalized spacial score (nSPS) is 20.9. The molecule has 2 aromatic rings. The van der Waals surface area contributed by atoms with E-state index in [2.05, 4.69) is 29.2 Å². The fourth-order valence-corrected chi connectivity index (χ4v) is 3.61. The molecule has 0 unspecified atom stereocenters. The third-order valence-electron chi connectivity index (χ3n) is 5.01. The van der Waals surface area contributed by atoms with Gasteiger partial charge in [0.05, 0.1) is 24.4 Å². The van der Waals surface area contributed by atoms with E-state index in [4.69, 9.17) is 9.26 Å². The fourth-order valence-electron chi connectivity index (χ4n) is 3.61. The van der Waals surface area contributed by atoms with Crippen LogP contribution < -0.4 is 0 Å². The van der Waals surface area contributed by atoms with Gasteiger partial charge in [-0.05, 0) is 19.5 Å². The minimum absolute atomic E-state index is 0.0655. The van der Waals surface area contributed by atoms with E-state index in [0.29, 0.717) is 36.6 Å². The van der Waals surface area contributed by atoms with Crippen LogP contribution >= 0.6 is 0 Å². The third-order valence-corrected chi connectivity index (χ3v) is 5.01. The van der Waals surface area contributed by atoms with Crippen molar-refractivity contribution < 1.29 is 14.1 Å². The monoisotopic (exact) mass is 357 g/mol. The van der Waals surface area contributed by atoms with Crippen molar-refractivity contribution in [1.29, 1.82) is 0 Å². The minimum atomic E-state index is -0.0876. The van der Waals surface area contributed by atoms with Crippen LogP contribution in [0, 0.1) is 6.92 Å². The predicted octanol–water partition coefficient (Wildman–Crippen LogP) is 2.69. The summed E-state index contributed by atoms with van der Waals surface area (Å²) >= 11 is 0. The zero-order valence-electron chi connectivity index (χ0n) is 15.9. The molecule has 0 saturated carbocycles. The molecule has 1 fully saturated rings. The molecule has 1 aromatic carbocycles. The molecule has 6 nitrogen and oxygen atoms in total. The Hall–Kier alpha value is -2.18. The molecule has 6 heteroatoms. The zero-order valence-corrected chi connectivity index (χ0v) is 15.9. The summed E-state index contributed by atoms with van der Waals surface area (Å²) in [6.45, 7) is 5.82. The zero-order chi connectivity index (χ0) is 18.7. The summed E-state index contributed by atoms with van der Waals surface area (Å²) in [6.07, 6.45) is 0.556. The summed E-state index contributed by atoms with van der Waals surface area (Å²) < 4.78 is 11.3. The highest BCUT2D eigenvalue weighted by Gasteiger charge is 2.34. The lowest BCUT2D eigenvalue weighted by molar-refractivity contribution is -0.0708. The molecule has 0 spiro atoms. The van der Waals surface area contributed by atoms with Gasteiger partial charge >= 0.3 is 0 Å². The Bertz CT molecular complexity index is 744. The van der Waals surface area contributed by atoms with Crippen LogP contribution in [-0.4, -0.2) is 60.8 Å². The molecule has 2 atom stereocenters. The van der Waals surface area contributed by atoms with E-state index in [0.717, 1.165) is 6.54 Å². The van der Waals surface area contributed by atoms with Crippen LogP contribution in [0.25, 0.3) is 0 Å². The standard InChI is InChI=1S/C20H27N3O3/c1-5-16-18(14(2)21-26-16)20(24)23(4)13-17-19(22(3)11-12-25-17)15-9-7-6-8-10-15/h6-10,17,19H,5,11-13H2,1-4H3/t17-,19-/m0/s1. The molecule has 140 valence electrons. The largest absolute Gasteiger partial charge is 0.373 e. The molecular formula is C20H27N3O3. The lowest BCUT2D eigenvalue weighted by Crippen LogP contribution is -2.48. The second-order valence-corrected chi connectivity index (χ2v) is 6.85. The van der Waals surface area contributed by atoms with Crippen molar-refractivity contribution >= 4 is 5.91 Å². The molecule has 3 rings (SSSR count). The van der Waals surface area contributed by atoms with Crippen LogP contribution in [0.5, 0.6) is 0 Å². The molecule has 1 amide bonds. The average molecular weight is 357 g/mol. The van der Waals surface area contributed by atoms with E-state index in [9.17, 15) is 4.79 Å². The van der Waals surface area contributed by atoms with E-state index < -0.39 is 0 Å². The Morgan fingerprint density at radius 2 is 2.08 bits per heavy atom. The Morgan fingerprint density at radius 1 is 1.35 bits per heavy atom. The number of amides is 1. The maximum Gasteiger partial charge on any atom is 0.259 e. The molecule has 1 aromatic heterocycles. The van der Waals surface area contributed by atoms with Crippen LogP contribution in [0.3, 0.4) is 0 Å². The molecule has 26 heavy (non-hydrogen) atoms. The molecule has 0 radical (unpaired) electrons. The third kappa shape index (κ3) is 3.66. The number of aromatic nitrogens is 1. The van der Waals surface area contributed by atoms with Crippen LogP contribution in [0.4, 0.5) is 0 Å². The van der Waals surface area contributed by atoms with Crippen molar-refractivity contribution in [3.8, 4) is 0 Å².